The lowest BCUT2D eigenvalue weighted by atomic mass is 10.0. The molecule has 0 bridgehead atoms. The SMILES string of the molecule is Cc1cc(C#Cc2ccccc2)c(Br)cc1C#Cc1ccccc1. The maximum Gasteiger partial charge on any atom is 0.0394 e. The molecule has 0 fully saturated rings. The van der Waals surface area contributed by atoms with E-state index in [0.29, 0.717) is 0 Å². The van der Waals surface area contributed by atoms with Crippen molar-refractivity contribution in [3.8, 4) is 23.7 Å². The lowest BCUT2D eigenvalue weighted by Gasteiger charge is -2.02. The highest BCUT2D eigenvalue weighted by atomic mass is 79.9. The second-order valence-corrected chi connectivity index (χ2v) is 6.23. The van der Waals surface area contributed by atoms with Crippen molar-refractivity contribution in [2.45, 2.75) is 6.92 Å². The van der Waals surface area contributed by atoms with Crippen LogP contribution in [0.15, 0.2) is 77.3 Å². The smallest absolute Gasteiger partial charge is 0.0394 e. The zero-order chi connectivity index (χ0) is 16.8. The Kier molecular flexibility index (Phi) is 5.17. The van der Waals surface area contributed by atoms with Gasteiger partial charge in [0.1, 0.15) is 0 Å². The summed E-state index contributed by atoms with van der Waals surface area (Å²) in [6.45, 7) is 2.06. The molecule has 3 aromatic rings. The van der Waals surface area contributed by atoms with Gasteiger partial charge in [-0.15, -0.1) is 0 Å². The Hall–Kier alpha value is -2.74. The first-order chi connectivity index (χ1) is 11.7. The molecule has 0 radical (unpaired) electrons. The van der Waals surface area contributed by atoms with E-state index < -0.39 is 0 Å². The van der Waals surface area contributed by atoms with Gasteiger partial charge in [-0.25, -0.2) is 0 Å². The molecule has 3 aromatic carbocycles. The van der Waals surface area contributed by atoms with Crippen LogP contribution in [0.2, 0.25) is 0 Å². The van der Waals surface area contributed by atoms with E-state index in [2.05, 4.69) is 52.6 Å². The predicted molar refractivity (Wildman–Crippen MR) is 104 cm³/mol. The molecule has 1 heteroatoms. The van der Waals surface area contributed by atoms with Crippen molar-refractivity contribution >= 4 is 15.9 Å². The molecule has 0 aliphatic rings. The van der Waals surface area contributed by atoms with E-state index in [1.165, 1.54) is 0 Å². The van der Waals surface area contributed by atoms with E-state index in [1.54, 1.807) is 0 Å². The van der Waals surface area contributed by atoms with Gasteiger partial charge >= 0.3 is 0 Å². The molecule has 0 nitrogen and oxygen atoms in total. The van der Waals surface area contributed by atoms with Crippen LogP contribution in [-0.2, 0) is 0 Å². The largest absolute Gasteiger partial charge is 0.0622 e. The molecule has 0 atom stereocenters. The summed E-state index contributed by atoms with van der Waals surface area (Å²) in [5, 5.41) is 0. The number of hydrogen-bond acceptors (Lipinski definition) is 0. The maximum atomic E-state index is 3.61. The third kappa shape index (κ3) is 4.17. The fourth-order valence-corrected chi connectivity index (χ4v) is 2.68. The third-order valence-corrected chi connectivity index (χ3v) is 4.20. The summed E-state index contributed by atoms with van der Waals surface area (Å²) in [5.41, 5.74) is 5.13. The average Bonchev–Trinajstić information content (AvgIpc) is 2.62. The fourth-order valence-electron chi connectivity index (χ4n) is 2.23. The minimum atomic E-state index is 0.967. The van der Waals surface area contributed by atoms with Crippen molar-refractivity contribution in [2.24, 2.45) is 0 Å². The Labute approximate surface area is 151 Å². The Morgan fingerprint density at radius 2 is 1.12 bits per heavy atom. The zero-order valence-corrected chi connectivity index (χ0v) is 14.9. The third-order valence-electron chi connectivity index (χ3n) is 3.54. The Morgan fingerprint density at radius 3 is 1.67 bits per heavy atom. The van der Waals surface area contributed by atoms with Crippen LogP contribution in [0.4, 0.5) is 0 Å². The van der Waals surface area contributed by atoms with Crippen LogP contribution in [0.5, 0.6) is 0 Å². The Morgan fingerprint density at radius 1 is 0.625 bits per heavy atom. The van der Waals surface area contributed by atoms with Crippen molar-refractivity contribution in [1.82, 2.24) is 0 Å². The molecule has 114 valence electrons. The summed E-state index contributed by atoms with van der Waals surface area (Å²) >= 11 is 3.61. The minimum absolute atomic E-state index is 0.967. The van der Waals surface area contributed by atoms with Crippen molar-refractivity contribution in [3.63, 3.8) is 0 Å². The average molecular weight is 371 g/mol. The number of benzene rings is 3. The summed E-state index contributed by atoms with van der Waals surface area (Å²) in [5.74, 6) is 12.9. The molecule has 0 aliphatic carbocycles. The van der Waals surface area contributed by atoms with Gasteiger partial charge in [0.15, 0.2) is 0 Å². The molecule has 0 aliphatic heterocycles. The van der Waals surface area contributed by atoms with E-state index in [4.69, 9.17) is 0 Å². The number of aryl methyl sites for hydroxylation is 1. The topological polar surface area (TPSA) is 0 Å². The van der Waals surface area contributed by atoms with E-state index in [0.717, 1.165) is 32.3 Å². The van der Waals surface area contributed by atoms with Gasteiger partial charge in [0.25, 0.3) is 0 Å². The molecule has 3 rings (SSSR count). The van der Waals surface area contributed by atoms with Gasteiger partial charge in [-0.1, -0.05) is 60.1 Å². The standard InChI is InChI=1S/C23H15Br/c1-18-16-22(15-13-20-10-6-3-7-11-20)23(24)17-21(18)14-12-19-8-4-2-5-9-19/h2-11,16-17H,1H3. The lowest BCUT2D eigenvalue weighted by Crippen LogP contribution is -1.87. The van der Waals surface area contributed by atoms with Gasteiger partial charge in [-0.2, -0.15) is 0 Å². The first-order valence-electron chi connectivity index (χ1n) is 7.67. The van der Waals surface area contributed by atoms with E-state index in [1.807, 2.05) is 66.7 Å². The minimum Gasteiger partial charge on any atom is -0.0622 e. The van der Waals surface area contributed by atoms with Crippen LogP contribution in [0.1, 0.15) is 27.8 Å². The Balaban J connectivity index is 1.90. The first-order valence-corrected chi connectivity index (χ1v) is 8.46. The molecule has 0 saturated carbocycles. The van der Waals surface area contributed by atoms with Crippen molar-refractivity contribution in [1.29, 1.82) is 0 Å². The first kappa shape index (κ1) is 16.1. The van der Waals surface area contributed by atoms with Crippen molar-refractivity contribution < 1.29 is 0 Å². The van der Waals surface area contributed by atoms with E-state index in [9.17, 15) is 0 Å². The van der Waals surface area contributed by atoms with Gasteiger partial charge in [-0.05, 0) is 64.8 Å². The maximum absolute atomic E-state index is 3.61. The quantitative estimate of drug-likeness (QED) is 0.454. The molecule has 24 heavy (non-hydrogen) atoms. The Bertz CT molecular complexity index is 880. The van der Waals surface area contributed by atoms with Crippen LogP contribution >= 0.6 is 15.9 Å². The van der Waals surface area contributed by atoms with Gasteiger partial charge in [0.2, 0.25) is 0 Å². The van der Waals surface area contributed by atoms with Crippen LogP contribution in [0.3, 0.4) is 0 Å². The van der Waals surface area contributed by atoms with E-state index in [-0.39, 0.29) is 0 Å². The highest BCUT2D eigenvalue weighted by molar-refractivity contribution is 9.10. The summed E-state index contributed by atoms with van der Waals surface area (Å²) in [6.07, 6.45) is 0. The van der Waals surface area contributed by atoms with E-state index >= 15 is 0 Å². The summed E-state index contributed by atoms with van der Waals surface area (Å²) in [6, 6.07) is 24.1. The molecule has 0 aromatic heterocycles. The fraction of sp³-hybridized carbons (Fsp3) is 0.0435. The predicted octanol–water partition coefficient (Wildman–Crippen LogP) is 5.56. The van der Waals surface area contributed by atoms with Crippen LogP contribution < -0.4 is 0 Å². The summed E-state index contributed by atoms with van der Waals surface area (Å²) < 4.78 is 0.967. The van der Waals surface area contributed by atoms with Gasteiger partial charge in [0.05, 0.1) is 0 Å². The van der Waals surface area contributed by atoms with Gasteiger partial charge < -0.3 is 0 Å². The summed E-state index contributed by atoms with van der Waals surface area (Å²) in [4.78, 5) is 0. The number of halogens is 1. The van der Waals surface area contributed by atoms with Crippen LogP contribution in [0, 0.1) is 30.6 Å². The molecule has 0 spiro atoms. The second-order valence-electron chi connectivity index (χ2n) is 5.38. The van der Waals surface area contributed by atoms with Crippen LogP contribution in [0.25, 0.3) is 0 Å². The highest BCUT2D eigenvalue weighted by Crippen LogP contribution is 2.21. The van der Waals surface area contributed by atoms with Gasteiger partial charge in [0, 0.05) is 26.7 Å². The van der Waals surface area contributed by atoms with Crippen LogP contribution in [-0.4, -0.2) is 0 Å². The van der Waals surface area contributed by atoms with Crippen molar-refractivity contribution in [3.05, 3.63) is 105 Å². The zero-order valence-electron chi connectivity index (χ0n) is 13.3. The molecular weight excluding hydrogens is 356 g/mol. The molecule has 0 N–H and O–H groups in total. The monoisotopic (exact) mass is 370 g/mol. The molecule has 0 saturated heterocycles. The molecule has 0 amide bonds. The summed E-state index contributed by atoms with van der Waals surface area (Å²) in [7, 11) is 0. The number of rotatable bonds is 0. The lowest BCUT2D eigenvalue weighted by molar-refractivity contribution is 1.40. The molecular formula is C23H15Br. The highest BCUT2D eigenvalue weighted by Gasteiger charge is 2.02. The molecule has 0 heterocycles. The normalized spacial score (nSPS) is 9.42. The number of hydrogen-bond donors (Lipinski definition) is 0. The van der Waals surface area contributed by atoms with Crippen molar-refractivity contribution in [2.75, 3.05) is 0 Å². The molecule has 0 unspecified atom stereocenters. The second kappa shape index (κ2) is 7.69. The van der Waals surface area contributed by atoms with Gasteiger partial charge in [-0.3, -0.25) is 0 Å².